The van der Waals surface area contributed by atoms with Crippen molar-refractivity contribution in [3.63, 3.8) is 0 Å². The summed E-state index contributed by atoms with van der Waals surface area (Å²) in [7, 11) is -4.04. The van der Waals surface area contributed by atoms with Crippen molar-refractivity contribution in [2.24, 2.45) is 0 Å². The van der Waals surface area contributed by atoms with Crippen LogP contribution in [0, 0.1) is 6.92 Å². The number of urea groups is 1. The Kier molecular flexibility index (Phi) is 6.66. The predicted octanol–water partition coefficient (Wildman–Crippen LogP) is 4.74. The quantitative estimate of drug-likeness (QED) is 0.290. The van der Waals surface area contributed by atoms with Gasteiger partial charge in [-0.1, -0.05) is 53.0 Å². The molecular weight excluding hydrogens is 515 g/mol. The van der Waals surface area contributed by atoms with E-state index < -0.39 is 28.0 Å². The largest absolute Gasteiger partial charge is 0.379 e. The maximum Gasteiger partial charge on any atom is 0.339 e. The second-order valence-corrected chi connectivity index (χ2v) is 9.84. The molecule has 0 radical (unpaired) electrons. The van der Waals surface area contributed by atoms with Gasteiger partial charge in [0, 0.05) is 0 Å². The van der Waals surface area contributed by atoms with Gasteiger partial charge in [-0.05, 0) is 61.0 Å². The van der Waals surface area contributed by atoms with Gasteiger partial charge in [0.25, 0.3) is 11.8 Å². The molecule has 0 saturated carbocycles. The number of aryl methyl sites for hydroxylation is 1. The Bertz CT molecular complexity index is 1480. The molecular formula is C24H16Cl2N2O6S. The molecule has 3 aromatic carbocycles. The third-order valence-corrected chi connectivity index (χ3v) is 6.97. The minimum atomic E-state index is -4.04. The van der Waals surface area contributed by atoms with Crippen LogP contribution in [0.3, 0.4) is 0 Å². The van der Waals surface area contributed by atoms with Gasteiger partial charge in [0.2, 0.25) is 0 Å². The third kappa shape index (κ3) is 5.22. The molecule has 0 spiro atoms. The fraction of sp³-hybridized carbons (Fsp3) is 0.0417. The van der Waals surface area contributed by atoms with Crippen molar-refractivity contribution in [2.45, 2.75) is 11.8 Å². The molecule has 0 bridgehead atoms. The zero-order chi connectivity index (χ0) is 25.3. The fourth-order valence-electron chi connectivity index (χ4n) is 3.18. The van der Waals surface area contributed by atoms with Crippen LogP contribution in [-0.2, 0) is 19.7 Å². The highest BCUT2D eigenvalue weighted by atomic mass is 35.5. The molecule has 4 rings (SSSR count). The Balaban J connectivity index is 1.58. The molecule has 1 aliphatic rings. The number of hydrogen-bond donors (Lipinski definition) is 1. The van der Waals surface area contributed by atoms with Crippen molar-refractivity contribution in [1.82, 2.24) is 5.32 Å². The average Bonchev–Trinajstić information content (AvgIpc) is 2.80. The highest BCUT2D eigenvalue weighted by molar-refractivity contribution is 7.87. The maximum absolute atomic E-state index is 13.0. The molecule has 0 atom stereocenters. The first-order chi connectivity index (χ1) is 16.5. The van der Waals surface area contributed by atoms with Gasteiger partial charge in [0.1, 0.15) is 16.2 Å². The Hall–Kier alpha value is -3.66. The first-order valence-electron chi connectivity index (χ1n) is 10.0. The highest BCUT2D eigenvalue weighted by Crippen LogP contribution is 2.29. The summed E-state index contributed by atoms with van der Waals surface area (Å²) < 4.78 is 30.1. The molecule has 1 aliphatic heterocycles. The van der Waals surface area contributed by atoms with Crippen molar-refractivity contribution < 1.29 is 27.0 Å². The zero-order valence-corrected chi connectivity index (χ0v) is 20.3. The van der Waals surface area contributed by atoms with E-state index in [1.54, 1.807) is 12.1 Å². The molecule has 3 aromatic rings. The summed E-state index contributed by atoms with van der Waals surface area (Å²) in [5.41, 5.74) is 1.12. The van der Waals surface area contributed by atoms with E-state index in [-0.39, 0.29) is 32.0 Å². The molecule has 11 heteroatoms. The van der Waals surface area contributed by atoms with Crippen molar-refractivity contribution in [1.29, 1.82) is 0 Å². The number of carbonyl (C=O) groups excluding carboxylic acids is 3. The van der Waals surface area contributed by atoms with Gasteiger partial charge in [-0.15, -0.1) is 0 Å². The zero-order valence-electron chi connectivity index (χ0n) is 18.0. The first kappa shape index (κ1) is 24.5. The van der Waals surface area contributed by atoms with Crippen LogP contribution < -0.4 is 14.4 Å². The Morgan fingerprint density at radius 1 is 0.886 bits per heavy atom. The summed E-state index contributed by atoms with van der Waals surface area (Å²) >= 11 is 11.9. The van der Waals surface area contributed by atoms with Crippen molar-refractivity contribution >= 4 is 62.9 Å². The number of anilines is 1. The lowest BCUT2D eigenvalue weighted by Crippen LogP contribution is -2.54. The molecule has 8 nitrogen and oxygen atoms in total. The number of nitrogens with zero attached hydrogens (tertiary/aromatic N) is 1. The minimum Gasteiger partial charge on any atom is -0.379 e. The van der Waals surface area contributed by atoms with Gasteiger partial charge in [-0.25, -0.2) is 9.69 Å². The minimum absolute atomic E-state index is 0.00540. The van der Waals surface area contributed by atoms with Crippen molar-refractivity contribution in [3.05, 3.63) is 93.5 Å². The number of rotatable bonds is 5. The second kappa shape index (κ2) is 9.53. The number of nitrogens with one attached hydrogen (secondary N) is 1. The average molecular weight is 531 g/mol. The third-order valence-electron chi connectivity index (χ3n) is 4.97. The fourth-order valence-corrected chi connectivity index (χ4v) is 4.40. The molecule has 4 amide bonds. The van der Waals surface area contributed by atoms with Gasteiger partial charge in [-0.3, -0.25) is 14.9 Å². The van der Waals surface area contributed by atoms with Crippen LogP contribution in [0.25, 0.3) is 6.08 Å². The van der Waals surface area contributed by atoms with Crippen LogP contribution in [-0.4, -0.2) is 26.3 Å². The first-order valence-corrected chi connectivity index (χ1v) is 12.2. The monoisotopic (exact) mass is 530 g/mol. The highest BCUT2D eigenvalue weighted by Gasteiger charge is 2.37. The SMILES string of the molecule is Cc1ccc(S(=O)(=O)Oc2ccc(/C=C3\C(=O)NC(=O)N(c4ccc(Cl)c(Cl)c4)C3=O)cc2)cc1. The van der Waals surface area contributed by atoms with E-state index in [0.29, 0.717) is 5.56 Å². The van der Waals surface area contributed by atoms with Crippen LogP contribution in [0.5, 0.6) is 5.75 Å². The molecule has 178 valence electrons. The summed E-state index contributed by atoms with van der Waals surface area (Å²) in [5.74, 6) is -1.70. The van der Waals surface area contributed by atoms with Gasteiger partial charge >= 0.3 is 16.1 Å². The van der Waals surface area contributed by atoms with Crippen LogP contribution in [0.1, 0.15) is 11.1 Å². The number of barbiturate groups is 1. The molecule has 35 heavy (non-hydrogen) atoms. The summed E-state index contributed by atoms with van der Waals surface area (Å²) in [4.78, 5) is 38.4. The molecule has 1 N–H and O–H groups in total. The lowest BCUT2D eigenvalue weighted by atomic mass is 10.1. The topological polar surface area (TPSA) is 110 Å². The van der Waals surface area contributed by atoms with Gasteiger partial charge in [-0.2, -0.15) is 8.42 Å². The summed E-state index contributed by atoms with van der Waals surface area (Å²) in [5, 5.41) is 2.47. The predicted molar refractivity (Wildman–Crippen MR) is 131 cm³/mol. The summed E-state index contributed by atoms with van der Waals surface area (Å²) in [6, 6.07) is 15.1. The number of amides is 4. The van der Waals surface area contributed by atoms with Crippen LogP contribution in [0.2, 0.25) is 10.0 Å². The molecule has 0 aliphatic carbocycles. The Morgan fingerprint density at radius 3 is 2.17 bits per heavy atom. The van der Waals surface area contributed by atoms with Gasteiger partial charge in [0.15, 0.2) is 0 Å². The van der Waals surface area contributed by atoms with E-state index in [1.807, 2.05) is 6.92 Å². The van der Waals surface area contributed by atoms with E-state index in [2.05, 4.69) is 5.32 Å². The summed E-state index contributed by atoms with van der Waals surface area (Å²) in [6.45, 7) is 1.83. The van der Waals surface area contributed by atoms with Crippen LogP contribution in [0.15, 0.2) is 77.2 Å². The number of benzene rings is 3. The van der Waals surface area contributed by atoms with E-state index in [4.69, 9.17) is 27.4 Å². The van der Waals surface area contributed by atoms with E-state index in [0.717, 1.165) is 10.5 Å². The van der Waals surface area contributed by atoms with Crippen molar-refractivity contribution in [2.75, 3.05) is 4.90 Å². The summed E-state index contributed by atoms with van der Waals surface area (Å²) in [6.07, 6.45) is 1.27. The Morgan fingerprint density at radius 2 is 1.54 bits per heavy atom. The number of halogens is 2. The van der Waals surface area contributed by atoms with E-state index >= 15 is 0 Å². The smallest absolute Gasteiger partial charge is 0.339 e. The molecule has 1 saturated heterocycles. The normalized spacial score (nSPS) is 15.3. The molecule has 0 unspecified atom stereocenters. The van der Waals surface area contributed by atoms with Gasteiger partial charge < -0.3 is 4.18 Å². The number of hydrogen-bond acceptors (Lipinski definition) is 6. The van der Waals surface area contributed by atoms with E-state index in [1.165, 1.54) is 60.7 Å². The standard InChI is InChI=1S/C24H16Cl2N2O6S/c1-14-2-9-18(10-3-14)35(32,33)34-17-7-4-15(5-8-17)12-19-22(29)27-24(31)28(23(19)30)16-6-11-20(25)21(26)13-16/h2-13H,1H3,(H,27,29,31)/b19-12+. The van der Waals surface area contributed by atoms with Crippen molar-refractivity contribution in [3.8, 4) is 5.75 Å². The van der Waals surface area contributed by atoms with Gasteiger partial charge in [0.05, 0.1) is 15.7 Å². The number of carbonyl (C=O) groups is 3. The van der Waals surface area contributed by atoms with Crippen LogP contribution >= 0.6 is 23.2 Å². The van der Waals surface area contributed by atoms with E-state index in [9.17, 15) is 22.8 Å². The lowest BCUT2D eigenvalue weighted by Gasteiger charge is -2.26. The number of imide groups is 2. The van der Waals surface area contributed by atoms with Crippen LogP contribution in [0.4, 0.5) is 10.5 Å². The lowest BCUT2D eigenvalue weighted by molar-refractivity contribution is -0.122. The molecule has 0 aromatic heterocycles. The second-order valence-electron chi connectivity index (χ2n) is 7.48. The Labute approximate surface area is 210 Å². The molecule has 1 heterocycles. The molecule has 1 fully saturated rings. The maximum atomic E-state index is 13.0.